The summed E-state index contributed by atoms with van der Waals surface area (Å²) < 4.78 is 1.65. The Balaban J connectivity index is 3.16. The monoisotopic (exact) mass is 263 g/mol. The molecule has 0 amide bonds. The van der Waals surface area contributed by atoms with Gasteiger partial charge in [0.25, 0.3) is 0 Å². The lowest BCUT2D eigenvalue weighted by molar-refractivity contribution is -0.388. The number of aryl methyl sites for hydroxylation is 2. The van der Waals surface area contributed by atoms with Crippen LogP contribution >= 0.6 is 23.4 Å². The van der Waals surface area contributed by atoms with E-state index in [9.17, 15) is 10.1 Å². The number of aromatic nitrogens is 2. The predicted octanol–water partition coefficient (Wildman–Crippen LogP) is 2.84. The van der Waals surface area contributed by atoms with E-state index in [0.29, 0.717) is 23.1 Å². The third kappa shape index (κ3) is 2.68. The first-order valence-corrected chi connectivity index (χ1v) is 6.37. The second-order valence-electron chi connectivity index (χ2n) is 3.39. The third-order valence-corrected chi connectivity index (χ3v) is 3.90. The molecule has 7 heteroatoms. The summed E-state index contributed by atoms with van der Waals surface area (Å²) in [4.78, 5) is 10.6. The lowest BCUT2D eigenvalue weighted by Gasteiger charge is -2.07. The molecular weight excluding hydrogens is 250 g/mol. The first-order chi connectivity index (χ1) is 7.51. The molecule has 0 N–H and O–H groups in total. The van der Waals surface area contributed by atoms with Crippen molar-refractivity contribution in [3.05, 3.63) is 15.8 Å². The van der Waals surface area contributed by atoms with Gasteiger partial charge in [0.05, 0.1) is 4.92 Å². The molecule has 0 bridgehead atoms. The van der Waals surface area contributed by atoms with Crippen LogP contribution in [0.1, 0.15) is 19.5 Å². The van der Waals surface area contributed by atoms with Crippen LogP contribution in [0.15, 0.2) is 5.03 Å². The Morgan fingerprint density at radius 2 is 2.31 bits per heavy atom. The SMILES string of the molecule is CCn1nc(C)c([N+](=O)[O-])c1SC(C)CCl. The molecule has 1 unspecified atom stereocenters. The topological polar surface area (TPSA) is 61.0 Å². The summed E-state index contributed by atoms with van der Waals surface area (Å²) in [7, 11) is 0. The second kappa shape index (κ2) is 5.54. The molecular formula is C9H14ClN3O2S. The Kier molecular flexibility index (Phi) is 4.61. The van der Waals surface area contributed by atoms with Crippen molar-refractivity contribution in [3.63, 3.8) is 0 Å². The van der Waals surface area contributed by atoms with Crippen molar-refractivity contribution in [2.45, 2.75) is 37.6 Å². The van der Waals surface area contributed by atoms with E-state index in [0.717, 1.165) is 0 Å². The standard InChI is InChI=1S/C9H14ClN3O2S/c1-4-12-9(16-6(2)5-10)8(13(14)15)7(3)11-12/h6H,4-5H2,1-3H3. The molecule has 0 saturated carbocycles. The third-order valence-electron chi connectivity index (χ3n) is 2.06. The van der Waals surface area contributed by atoms with E-state index < -0.39 is 0 Å². The molecule has 0 fully saturated rings. The lowest BCUT2D eigenvalue weighted by Crippen LogP contribution is -2.04. The van der Waals surface area contributed by atoms with Crippen LogP contribution in [-0.4, -0.2) is 25.8 Å². The van der Waals surface area contributed by atoms with Gasteiger partial charge in [-0.1, -0.05) is 18.7 Å². The summed E-state index contributed by atoms with van der Waals surface area (Å²) in [6.45, 7) is 6.11. The molecule has 0 aliphatic rings. The summed E-state index contributed by atoms with van der Waals surface area (Å²) in [5.74, 6) is 0.454. The van der Waals surface area contributed by atoms with Gasteiger partial charge in [-0.2, -0.15) is 5.10 Å². The van der Waals surface area contributed by atoms with Crippen molar-refractivity contribution in [1.82, 2.24) is 9.78 Å². The molecule has 5 nitrogen and oxygen atoms in total. The van der Waals surface area contributed by atoms with Gasteiger partial charge in [-0.15, -0.1) is 11.6 Å². The smallest absolute Gasteiger partial charge is 0.258 e. The van der Waals surface area contributed by atoms with Gasteiger partial charge in [0, 0.05) is 17.7 Å². The van der Waals surface area contributed by atoms with E-state index in [1.165, 1.54) is 11.8 Å². The number of nitro groups is 1. The Morgan fingerprint density at radius 3 is 2.75 bits per heavy atom. The van der Waals surface area contributed by atoms with Crippen molar-refractivity contribution in [2.24, 2.45) is 0 Å². The highest BCUT2D eigenvalue weighted by atomic mass is 35.5. The van der Waals surface area contributed by atoms with Crippen molar-refractivity contribution >= 4 is 29.1 Å². The van der Waals surface area contributed by atoms with E-state index in [-0.39, 0.29) is 15.9 Å². The van der Waals surface area contributed by atoms with Crippen LogP contribution in [0, 0.1) is 17.0 Å². The van der Waals surface area contributed by atoms with Gasteiger partial charge in [0.2, 0.25) is 0 Å². The van der Waals surface area contributed by atoms with Gasteiger partial charge < -0.3 is 0 Å². The fourth-order valence-electron chi connectivity index (χ4n) is 1.31. The van der Waals surface area contributed by atoms with Crippen LogP contribution in [0.4, 0.5) is 5.69 Å². The first-order valence-electron chi connectivity index (χ1n) is 4.95. The van der Waals surface area contributed by atoms with Crippen molar-refractivity contribution < 1.29 is 4.92 Å². The van der Waals surface area contributed by atoms with E-state index in [4.69, 9.17) is 11.6 Å². The van der Waals surface area contributed by atoms with Crippen LogP contribution in [0.3, 0.4) is 0 Å². The summed E-state index contributed by atoms with van der Waals surface area (Å²) >= 11 is 7.11. The van der Waals surface area contributed by atoms with Gasteiger partial charge >= 0.3 is 5.69 Å². The van der Waals surface area contributed by atoms with Crippen molar-refractivity contribution in [1.29, 1.82) is 0 Å². The highest BCUT2D eigenvalue weighted by Crippen LogP contribution is 2.34. The average Bonchev–Trinajstić information content (AvgIpc) is 2.54. The van der Waals surface area contributed by atoms with Gasteiger partial charge in [-0.05, 0) is 13.8 Å². The zero-order chi connectivity index (χ0) is 12.3. The zero-order valence-corrected chi connectivity index (χ0v) is 11.0. The number of alkyl halides is 1. The minimum Gasteiger partial charge on any atom is -0.258 e. The summed E-state index contributed by atoms with van der Waals surface area (Å²) in [6.07, 6.45) is 0. The molecule has 1 heterocycles. The molecule has 0 saturated heterocycles. The van der Waals surface area contributed by atoms with Crippen LogP contribution in [0.2, 0.25) is 0 Å². The number of hydrogen-bond acceptors (Lipinski definition) is 4. The molecule has 0 aromatic carbocycles. The number of nitrogens with zero attached hydrogens (tertiary/aromatic N) is 3. The Bertz CT molecular complexity index is 394. The van der Waals surface area contributed by atoms with Gasteiger partial charge in [-0.3, -0.25) is 14.8 Å². The minimum atomic E-state index is -0.377. The maximum Gasteiger partial charge on any atom is 0.323 e. The Hall–Kier alpha value is -0.750. The fraction of sp³-hybridized carbons (Fsp3) is 0.667. The molecule has 0 spiro atoms. The summed E-state index contributed by atoms with van der Waals surface area (Å²) in [5, 5.41) is 15.8. The maximum atomic E-state index is 10.9. The van der Waals surface area contributed by atoms with E-state index in [1.807, 2.05) is 13.8 Å². The fourth-order valence-corrected chi connectivity index (χ4v) is 2.57. The van der Waals surface area contributed by atoms with Crippen molar-refractivity contribution in [3.8, 4) is 0 Å². The number of halogens is 1. The Morgan fingerprint density at radius 1 is 1.69 bits per heavy atom. The Labute approximate surface area is 103 Å². The minimum absolute atomic E-state index is 0.101. The quantitative estimate of drug-likeness (QED) is 0.355. The molecule has 1 aromatic rings. The molecule has 1 rings (SSSR count). The number of thioether (sulfide) groups is 1. The number of hydrogen-bond donors (Lipinski definition) is 0. The van der Waals surface area contributed by atoms with Crippen LogP contribution in [-0.2, 0) is 6.54 Å². The normalized spacial score (nSPS) is 12.8. The van der Waals surface area contributed by atoms with E-state index >= 15 is 0 Å². The summed E-state index contributed by atoms with van der Waals surface area (Å²) in [5.41, 5.74) is 0.555. The first kappa shape index (κ1) is 13.3. The predicted molar refractivity (Wildman–Crippen MR) is 65.3 cm³/mol. The highest BCUT2D eigenvalue weighted by Gasteiger charge is 2.26. The largest absolute Gasteiger partial charge is 0.323 e. The van der Waals surface area contributed by atoms with Crippen LogP contribution in [0.25, 0.3) is 0 Å². The zero-order valence-electron chi connectivity index (χ0n) is 9.44. The molecule has 90 valence electrons. The molecule has 0 aliphatic heterocycles. The average molecular weight is 264 g/mol. The number of rotatable bonds is 5. The maximum absolute atomic E-state index is 10.9. The van der Waals surface area contributed by atoms with Crippen LogP contribution in [0.5, 0.6) is 0 Å². The molecule has 0 radical (unpaired) electrons. The van der Waals surface area contributed by atoms with Crippen molar-refractivity contribution in [2.75, 3.05) is 5.88 Å². The van der Waals surface area contributed by atoms with Gasteiger partial charge in [-0.25, -0.2) is 0 Å². The molecule has 0 aliphatic carbocycles. The van der Waals surface area contributed by atoms with E-state index in [1.54, 1.807) is 11.6 Å². The van der Waals surface area contributed by atoms with Crippen LogP contribution < -0.4 is 0 Å². The summed E-state index contributed by atoms with van der Waals surface area (Å²) in [6, 6.07) is 0. The lowest BCUT2D eigenvalue weighted by atomic mass is 10.4. The highest BCUT2D eigenvalue weighted by molar-refractivity contribution is 8.00. The van der Waals surface area contributed by atoms with Gasteiger partial charge in [0.15, 0.2) is 5.03 Å². The molecule has 1 aromatic heterocycles. The second-order valence-corrected chi connectivity index (χ2v) is 5.13. The van der Waals surface area contributed by atoms with Gasteiger partial charge in [0.1, 0.15) is 5.69 Å². The van der Waals surface area contributed by atoms with E-state index in [2.05, 4.69) is 5.10 Å². The molecule has 1 atom stereocenters. The molecule has 16 heavy (non-hydrogen) atoms.